The zero-order valence-electron chi connectivity index (χ0n) is 25.0. The molecule has 4 aromatic rings. The number of methoxy groups -OCH3 is 1. The molecule has 224 valence electrons. The van der Waals surface area contributed by atoms with Crippen LogP contribution in [0.1, 0.15) is 64.2 Å². The molecule has 1 saturated heterocycles. The summed E-state index contributed by atoms with van der Waals surface area (Å²) < 4.78 is 20.3. The average molecular weight is 595 g/mol. The Kier molecular flexibility index (Phi) is 8.43. The third-order valence-electron chi connectivity index (χ3n) is 7.84. The second-order valence-corrected chi connectivity index (χ2v) is 12.4. The van der Waals surface area contributed by atoms with Crippen LogP contribution in [-0.2, 0) is 21.6 Å². The number of oxazole rings is 1. The molecule has 4 heterocycles. The molecule has 10 nitrogen and oxygen atoms in total. The van der Waals surface area contributed by atoms with Crippen LogP contribution in [0.25, 0.3) is 21.0 Å². The maximum atomic E-state index is 14.5. The van der Waals surface area contributed by atoms with Gasteiger partial charge >= 0.3 is 5.69 Å². The zero-order valence-corrected chi connectivity index (χ0v) is 25.8. The Bertz CT molecular complexity index is 1690. The van der Waals surface area contributed by atoms with E-state index in [4.69, 9.17) is 13.9 Å². The van der Waals surface area contributed by atoms with Crippen LogP contribution in [0, 0.1) is 6.92 Å². The molecule has 1 amide bonds. The van der Waals surface area contributed by atoms with Crippen LogP contribution >= 0.6 is 11.3 Å². The smallest absolute Gasteiger partial charge is 0.333 e. The van der Waals surface area contributed by atoms with E-state index in [-0.39, 0.29) is 18.6 Å². The van der Waals surface area contributed by atoms with Gasteiger partial charge in [-0.3, -0.25) is 14.2 Å². The largest absolute Gasteiger partial charge is 0.496 e. The van der Waals surface area contributed by atoms with Crippen molar-refractivity contribution < 1.29 is 18.7 Å². The number of fused-ring (bicyclic) bond motifs is 1. The number of carbonyl (C=O) groups is 1. The summed E-state index contributed by atoms with van der Waals surface area (Å²) in [5.41, 5.74) is -1.08. The second kappa shape index (κ2) is 11.9. The van der Waals surface area contributed by atoms with Crippen molar-refractivity contribution in [2.45, 2.75) is 78.2 Å². The molecular weight excluding hydrogens is 556 g/mol. The van der Waals surface area contributed by atoms with Crippen LogP contribution in [-0.4, -0.2) is 51.2 Å². The molecule has 0 unspecified atom stereocenters. The summed E-state index contributed by atoms with van der Waals surface area (Å²) >= 11 is 1.27. The zero-order chi connectivity index (χ0) is 30.2. The predicted molar refractivity (Wildman–Crippen MR) is 162 cm³/mol. The van der Waals surface area contributed by atoms with Crippen LogP contribution in [0.15, 0.2) is 50.7 Å². The van der Waals surface area contributed by atoms with E-state index in [1.165, 1.54) is 17.6 Å². The van der Waals surface area contributed by atoms with Gasteiger partial charge in [-0.2, -0.15) is 0 Å². The molecule has 1 fully saturated rings. The third-order valence-corrected chi connectivity index (χ3v) is 9.14. The quantitative estimate of drug-likeness (QED) is 0.265. The average Bonchev–Trinajstić information content (AvgIpc) is 3.62. The molecule has 0 saturated carbocycles. The normalized spacial score (nSPS) is 15.0. The standard InChI is InChI=1S/C31H38N4O6S/c1-19(2)41-23(21-12-8-9-13-22(21)39-6)18-34-28-24(20(3)25(42-28)26-32-14-17-40-26)27(36)35(30(34)38)31(4,5)29(37)33-15-10-7-11-16-33/h8-9,12-14,17,19,23H,7,10-11,15-16,18H2,1-6H3/t23-/m1/s1. The van der Waals surface area contributed by atoms with Crippen LogP contribution in [0.2, 0.25) is 0 Å². The number of nitrogens with zero attached hydrogens (tertiary/aromatic N) is 4. The number of aryl methyl sites for hydroxylation is 1. The third kappa shape index (κ3) is 5.31. The molecule has 1 aromatic carbocycles. The highest BCUT2D eigenvalue weighted by Gasteiger charge is 2.39. The molecule has 0 bridgehead atoms. The van der Waals surface area contributed by atoms with E-state index in [0.717, 1.165) is 29.4 Å². The van der Waals surface area contributed by atoms with E-state index >= 15 is 0 Å². The minimum absolute atomic E-state index is 0.0904. The van der Waals surface area contributed by atoms with Crippen molar-refractivity contribution in [1.82, 2.24) is 19.0 Å². The molecule has 5 rings (SSSR count). The van der Waals surface area contributed by atoms with Crippen LogP contribution < -0.4 is 16.0 Å². The number of amides is 1. The summed E-state index contributed by atoms with van der Waals surface area (Å²) in [6.45, 7) is 10.3. The molecule has 0 spiro atoms. The number of hydrogen-bond acceptors (Lipinski definition) is 8. The van der Waals surface area contributed by atoms with Crippen molar-refractivity contribution in [3.05, 3.63) is 68.7 Å². The Morgan fingerprint density at radius 2 is 1.86 bits per heavy atom. The minimum atomic E-state index is -1.42. The fraction of sp³-hybridized carbons (Fsp3) is 0.484. The summed E-state index contributed by atoms with van der Waals surface area (Å²) in [4.78, 5) is 49.8. The number of benzene rings is 1. The van der Waals surface area contributed by atoms with Gasteiger partial charge in [0.25, 0.3) is 5.56 Å². The van der Waals surface area contributed by atoms with Crippen LogP contribution in [0.4, 0.5) is 0 Å². The Balaban J connectivity index is 1.76. The van der Waals surface area contributed by atoms with Crippen molar-refractivity contribution in [3.63, 3.8) is 0 Å². The Morgan fingerprint density at radius 3 is 2.50 bits per heavy atom. The summed E-state index contributed by atoms with van der Waals surface area (Å²) in [5, 5.41) is 0.357. The topological polar surface area (TPSA) is 109 Å². The van der Waals surface area contributed by atoms with E-state index in [9.17, 15) is 14.4 Å². The minimum Gasteiger partial charge on any atom is -0.496 e. The van der Waals surface area contributed by atoms with Gasteiger partial charge in [0, 0.05) is 18.7 Å². The number of para-hydroxylation sites is 1. The lowest BCUT2D eigenvalue weighted by Gasteiger charge is -2.35. The van der Waals surface area contributed by atoms with E-state index in [0.29, 0.717) is 45.4 Å². The number of aromatic nitrogens is 3. The molecule has 0 aliphatic carbocycles. The maximum Gasteiger partial charge on any atom is 0.333 e. The highest BCUT2D eigenvalue weighted by Crippen LogP contribution is 2.37. The summed E-state index contributed by atoms with van der Waals surface area (Å²) in [6.07, 6.45) is 5.12. The summed E-state index contributed by atoms with van der Waals surface area (Å²) in [5.74, 6) is 0.749. The lowest BCUT2D eigenvalue weighted by Crippen LogP contribution is -2.57. The Hall–Kier alpha value is -3.70. The number of hydrogen-bond donors (Lipinski definition) is 0. The predicted octanol–water partition coefficient (Wildman–Crippen LogP) is 5.11. The van der Waals surface area contributed by atoms with Gasteiger partial charge in [0.15, 0.2) is 0 Å². The summed E-state index contributed by atoms with van der Waals surface area (Å²) in [7, 11) is 1.59. The Labute approximate surface area is 248 Å². The van der Waals surface area contributed by atoms with E-state index in [2.05, 4.69) is 4.98 Å². The van der Waals surface area contributed by atoms with Crippen molar-refractivity contribution in [2.24, 2.45) is 0 Å². The molecule has 1 atom stereocenters. The molecule has 0 radical (unpaired) electrons. The van der Waals surface area contributed by atoms with Crippen molar-refractivity contribution in [2.75, 3.05) is 20.2 Å². The lowest BCUT2D eigenvalue weighted by atomic mass is 10.00. The number of ether oxygens (including phenoxy) is 2. The van der Waals surface area contributed by atoms with Gasteiger partial charge in [-0.05, 0) is 65.5 Å². The molecule has 11 heteroatoms. The van der Waals surface area contributed by atoms with E-state index in [1.54, 1.807) is 36.6 Å². The highest BCUT2D eigenvalue weighted by atomic mass is 32.1. The van der Waals surface area contributed by atoms with Gasteiger partial charge in [0.05, 0.1) is 36.2 Å². The number of piperidine rings is 1. The SMILES string of the molecule is COc1ccccc1[C@@H](Cn1c(=O)n(C(C)(C)C(=O)N2CCCCC2)c(=O)c2c(C)c(-c3ncco3)sc21)OC(C)C. The number of rotatable bonds is 9. The number of thiophene rings is 1. The first-order valence-corrected chi connectivity index (χ1v) is 15.1. The fourth-order valence-corrected chi connectivity index (χ4v) is 7.00. The van der Waals surface area contributed by atoms with Crippen molar-refractivity contribution >= 4 is 27.5 Å². The lowest BCUT2D eigenvalue weighted by molar-refractivity contribution is -0.140. The van der Waals surface area contributed by atoms with E-state index < -0.39 is 22.9 Å². The molecule has 42 heavy (non-hydrogen) atoms. The summed E-state index contributed by atoms with van der Waals surface area (Å²) in [6, 6.07) is 7.52. The molecule has 1 aliphatic rings. The number of likely N-dealkylation sites (tertiary alicyclic amines) is 1. The van der Waals surface area contributed by atoms with Crippen LogP contribution in [0.5, 0.6) is 5.75 Å². The monoisotopic (exact) mass is 594 g/mol. The van der Waals surface area contributed by atoms with E-state index in [1.807, 2.05) is 45.0 Å². The first-order chi connectivity index (χ1) is 20.1. The molecule has 3 aromatic heterocycles. The van der Waals surface area contributed by atoms with Gasteiger partial charge in [-0.1, -0.05) is 18.2 Å². The van der Waals surface area contributed by atoms with Crippen LogP contribution in [0.3, 0.4) is 0 Å². The second-order valence-electron chi connectivity index (χ2n) is 11.4. The number of carbonyl (C=O) groups excluding carboxylic acids is 1. The molecular formula is C31H38N4O6S. The van der Waals surface area contributed by atoms with Gasteiger partial charge in [-0.25, -0.2) is 14.3 Å². The van der Waals surface area contributed by atoms with Gasteiger partial charge < -0.3 is 18.8 Å². The van der Waals surface area contributed by atoms with Crippen molar-refractivity contribution in [1.29, 1.82) is 0 Å². The van der Waals surface area contributed by atoms with Gasteiger partial charge in [0.2, 0.25) is 11.8 Å². The molecule has 1 aliphatic heterocycles. The molecule has 0 N–H and O–H groups in total. The van der Waals surface area contributed by atoms with Crippen molar-refractivity contribution in [3.8, 4) is 16.5 Å². The first kappa shape index (κ1) is 29.8. The highest BCUT2D eigenvalue weighted by molar-refractivity contribution is 7.22. The fourth-order valence-electron chi connectivity index (χ4n) is 5.76. The Morgan fingerprint density at radius 1 is 1.14 bits per heavy atom. The first-order valence-electron chi connectivity index (χ1n) is 14.3. The van der Waals surface area contributed by atoms with Gasteiger partial charge in [0.1, 0.15) is 28.5 Å². The maximum absolute atomic E-state index is 14.5. The van der Waals surface area contributed by atoms with Gasteiger partial charge in [-0.15, -0.1) is 11.3 Å².